The molecule has 1 aromatic heterocycles. The Morgan fingerprint density at radius 1 is 0.978 bits per heavy atom. The SMILES string of the molecule is C[C@@H]1CN(c2c(CO[Si](c3ccccc3)(c3ccccc3)C(C)(C)C)cc(/C(=N/O)c3cnc(Cl)cn3)c(F)c2F)C[C@H](C)O1. The van der Waals surface area contributed by atoms with Crippen molar-refractivity contribution in [2.24, 2.45) is 5.16 Å². The molecule has 5 rings (SSSR count). The van der Waals surface area contributed by atoms with Gasteiger partial charge in [-0.1, -0.05) is 98.2 Å². The van der Waals surface area contributed by atoms with E-state index in [1.807, 2.05) is 55.1 Å². The van der Waals surface area contributed by atoms with Crippen LogP contribution in [0.4, 0.5) is 14.5 Å². The highest BCUT2D eigenvalue weighted by Gasteiger charge is 2.50. The number of hydrogen-bond acceptors (Lipinski definition) is 7. The minimum atomic E-state index is -3.06. The summed E-state index contributed by atoms with van der Waals surface area (Å²) >= 11 is 5.90. The number of benzene rings is 3. The van der Waals surface area contributed by atoms with Gasteiger partial charge in [-0.25, -0.2) is 18.7 Å². The van der Waals surface area contributed by atoms with Gasteiger partial charge in [0, 0.05) is 24.2 Å². The van der Waals surface area contributed by atoms with Crippen molar-refractivity contribution in [1.29, 1.82) is 0 Å². The number of morpholine rings is 1. The van der Waals surface area contributed by atoms with Crippen LogP contribution >= 0.6 is 11.6 Å². The van der Waals surface area contributed by atoms with E-state index < -0.39 is 20.0 Å². The topological polar surface area (TPSA) is 80.1 Å². The van der Waals surface area contributed by atoms with Gasteiger partial charge in [0.2, 0.25) is 0 Å². The molecule has 11 heteroatoms. The first kappa shape index (κ1) is 32.7. The summed E-state index contributed by atoms with van der Waals surface area (Å²) in [6.07, 6.45) is 2.07. The van der Waals surface area contributed by atoms with Crippen molar-refractivity contribution >= 4 is 41.7 Å². The van der Waals surface area contributed by atoms with Crippen LogP contribution in [0.25, 0.3) is 0 Å². The van der Waals surface area contributed by atoms with E-state index in [0.29, 0.717) is 18.7 Å². The third-order valence-corrected chi connectivity index (χ3v) is 13.3. The average molecular weight is 651 g/mol. The molecule has 2 atom stereocenters. The first-order valence-electron chi connectivity index (χ1n) is 14.8. The zero-order valence-corrected chi connectivity index (χ0v) is 27.7. The number of nitrogens with zero attached hydrogens (tertiary/aromatic N) is 4. The standard InChI is InChI=1S/C34H37ClF2N4O3Si/c1-22-19-41(20-23(2)44-22)33-24(16-27(30(36)31(33)37)32(40-42)28-17-39-29(35)18-38-28)21-43-45(34(3,4)5,25-12-8-6-9-13-25)26-14-10-7-11-15-26/h6-18,22-23,42H,19-21H2,1-5H3/b40-32-/t22-,23+. The molecule has 0 radical (unpaired) electrons. The molecular weight excluding hydrogens is 614 g/mol. The van der Waals surface area contributed by atoms with Gasteiger partial charge < -0.3 is 19.3 Å². The van der Waals surface area contributed by atoms with Crippen molar-refractivity contribution < 1.29 is 23.2 Å². The maximum Gasteiger partial charge on any atom is 0.261 e. The van der Waals surface area contributed by atoms with Gasteiger partial charge in [-0.05, 0) is 35.3 Å². The molecule has 7 nitrogen and oxygen atoms in total. The molecule has 1 aliphatic rings. The summed E-state index contributed by atoms with van der Waals surface area (Å²) < 4.78 is 45.6. The minimum absolute atomic E-state index is 0.0282. The third-order valence-electron chi connectivity index (χ3n) is 8.07. The van der Waals surface area contributed by atoms with E-state index in [4.69, 9.17) is 20.8 Å². The zero-order chi connectivity index (χ0) is 32.4. The van der Waals surface area contributed by atoms with Crippen LogP contribution in [0.2, 0.25) is 10.2 Å². The van der Waals surface area contributed by atoms with Gasteiger partial charge in [-0.15, -0.1) is 0 Å². The van der Waals surface area contributed by atoms with Crippen LogP contribution in [0.3, 0.4) is 0 Å². The molecule has 0 unspecified atom stereocenters. The molecule has 0 aliphatic carbocycles. The summed E-state index contributed by atoms with van der Waals surface area (Å²) in [5.41, 5.74) is -0.0272. The van der Waals surface area contributed by atoms with Crippen molar-refractivity contribution in [3.63, 3.8) is 0 Å². The smallest absolute Gasteiger partial charge is 0.261 e. The molecule has 1 N–H and O–H groups in total. The van der Waals surface area contributed by atoms with E-state index in [0.717, 1.165) is 10.4 Å². The third kappa shape index (κ3) is 6.51. The van der Waals surface area contributed by atoms with Crippen molar-refractivity contribution in [2.45, 2.75) is 58.5 Å². The summed E-state index contributed by atoms with van der Waals surface area (Å²) in [6, 6.07) is 21.7. The van der Waals surface area contributed by atoms with Crippen LogP contribution in [0.15, 0.2) is 84.3 Å². The Kier molecular flexibility index (Phi) is 9.69. The summed E-state index contributed by atoms with van der Waals surface area (Å²) in [5.74, 6) is -2.24. The van der Waals surface area contributed by atoms with E-state index in [-0.39, 0.29) is 51.7 Å². The Labute approximate surface area is 268 Å². The maximum atomic E-state index is 16.4. The molecule has 0 bridgehead atoms. The van der Waals surface area contributed by atoms with Crippen LogP contribution in [-0.2, 0) is 15.8 Å². The van der Waals surface area contributed by atoms with Gasteiger partial charge >= 0.3 is 0 Å². The summed E-state index contributed by atoms with van der Waals surface area (Å²) in [4.78, 5) is 9.91. The molecule has 236 valence electrons. The van der Waals surface area contributed by atoms with Gasteiger partial charge in [-0.3, -0.25) is 0 Å². The number of aromatic nitrogens is 2. The molecule has 1 fully saturated rings. The van der Waals surface area contributed by atoms with Crippen LogP contribution in [0, 0.1) is 11.6 Å². The first-order valence-corrected chi connectivity index (χ1v) is 17.1. The average Bonchev–Trinajstić information content (AvgIpc) is 3.01. The number of hydrogen-bond donors (Lipinski definition) is 1. The molecule has 3 aromatic carbocycles. The first-order chi connectivity index (χ1) is 21.5. The lowest BCUT2D eigenvalue weighted by molar-refractivity contribution is -0.00553. The van der Waals surface area contributed by atoms with Gasteiger partial charge in [0.25, 0.3) is 8.32 Å². The van der Waals surface area contributed by atoms with E-state index in [9.17, 15) is 5.21 Å². The van der Waals surface area contributed by atoms with E-state index in [1.165, 1.54) is 18.5 Å². The molecule has 0 saturated carbocycles. The Morgan fingerprint density at radius 2 is 1.56 bits per heavy atom. The number of oxime groups is 1. The van der Waals surface area contributed by atoms with Crippen molar-refractivity contribution in [3.05, 3.63) is 113 Å². The highest BCUT2D eigenvalue weighted by Crippen LogP contribution is 2.39. The number of anilines is 1. The van der Waals surface area contributed by atoms with Gasteiger partial charge in [-0.2, -0.15) is 0 Å². The fourth-order valence-electron chi connectivity index (χ4n) is 6.28. The Bertz CT molecular complexity index is 1610. The summed E-state index contributed by atoms with van der Waals surface area (Å²) in [5, 5.41) is 15.2. The molecule has 4 aromatic rings. The van der Waals surface area contributed by atoms with Gasteiger partial charge in [0.1, 0.15) is 16.6 Å². The second-order valence-electron chi connectivity index (χ2n) is 12.3. The monoisotopic (exact) mass is 650 g/mol. The van der Waals surface area contributed by atoms with Crippen LogP contribution in [0.5, 0.6) is 0 Å². The van der Waals surface area contributed by atoms with Crippen LogP contribution < -0.4 is 15.3 Å². The fourth-order valence-corrected chi connectivity index (χ4v) is 10.9. The fraction of sp³-hybridized carbons (Fsp3) is 0.324. The van der Waals surface area contributed by atoms with Crippen molar-refractivity contribution in [3.8, 4) is 0 Å². The largest absolute Gasteiger partial charge is 0.410 e. The predicted octanol–water partition coefficient (Wildman–Crippen LogP) is 6.33. The highest BCUT2D eigenvalue weighted by molar-refractivity contribution is 6.99. The van der Waals surface area contributed by atoms with E-state index >= 15 is 8.78 Å². The van der Waals surface area contributed by atoms with E-state index in [2.05, 4.69) is 60.2 Å². The second-order valence-corrected chi connectivity index (χ2v) is 17.0. The molecule has 2 heterocycles. The maximum absolute atomic E-state index is 16.4. The number of halogens is 3. The molecule has 0 amide bonds. The highest BCUT2D eigenvalue weighted by atomic mass is 35.5. The molecule has 1 aliphatic heterocycles. The lowest BCUT2D eigenvalue weighted by Crippen LogP contribution is -2.66. The normalized spacial score (nSPS) is 17.9. The van der Waals surface area contributed by atoms with Gasteiger partial charge in [0.15, 0.2) is 11.6 Å². The van der Waals surface area contributed by atoms with Crippen molar-refractivity contribution in [1.82, 2.24) is 9.97 Å². The number of rotatable bonds is 8. The van der Waals surface area contributed by atoms with Crippen LogP contribution in [0.1, 0.15) is 51.4 Å². The second kappa shape index (κ2) is 13.3. The lowest BCUT2D eigenvalue weighted by atomic mass is 10.0. The Hall–Kier alpha value is -3.70. The summed E-state index contributed by atoms with van der Waals surface area (Å²) in [6.45, 7) is 10.9. The van der Waals surface area contributed by atoms with Gasteiger partial charge in [0.05, 0.1) is 36.9 Å². The Balaban J connectivity index is 1.70. The minimum Gasteiger partial charge on any atom is -0.410 e. The molecular formula is C34H37ClF2N4O3Si. The number of ether oxygens (including phenoxy) is 1. The Morgan fingerprint density at radius 3 is 2.04 bits per heavy atom. The van der Waals surface area contributed by atoms with Crippen molar-refractivity contribution in [2.75, 3.05) is 18.0 Å². The molecule has 0 spiro atoms. The lowest BCUT2D eigenvalue weighted by Gasteiger charge is -2.43. The van der Waals surface area contributed by atoms with Crippen LogP contribution in [-0.4, -0.2) is 54.5 Å². The predicted molar refractivity (Wildman–Crippen MR) is 175 cm³/mol. The quantitative estimate of drug-likeness (QED) is 0.104. The summed E-state index contributed by atoms with van der Waals surface area (Å²) in [7, 11) is -3.06. The van der Waals surface area contributed by atoms with E-state index in [1.54, 1.807) is 0 Å². The zero-order valence-electron chi connectivity index (χ0n) is 26.0. The molecule has 1 saturated heterocycles. The molecule has 45 heavy (non-hydrogen) atoms.